The highest BCUT2D eigenvalue weighted by atomic mass is 19.1. The molecule has 1 aliphatic heterocycles. The van der Waals surface area contributed by atoms with Crippen LogP contribution in [-0.4, -0.2) is 28.2 Å². The molecule has 6 heteroatoms. The van der Waals surface area contributed by atoms with Crippen molar-refractivity contribution in [2.24, 2.45) is 5.92 Å². The molecule has 0 bridgehead atoms. The van der Waals surface area contributed by atoms with E-state index < -0.39 is 11.8 Å². The average molecular weight is 355 g/mol. The fraction of sp³-hybridized carbons (Fsp3) is 0.350. The van der Waals surface area contributed by atoms with Crippen LogP contribution in [-0.2, 0) is 9.59 Å². The number of hydrogen-bond acceptors (Lipinski definition) is 3. The van der Waals surface area contributed by atoms with Gasteiger partial charge < -0.3 is 10.2 Å². The van der Waals surface area contributed by atoms with Gasteiger partial charge >= 0.3 is 11.8 Å². The SMILES string of the molecule is Cc1cncc(NC(=O)C(=O)N2C[C@H](C)CCC2c2cccc(F)c2)c1. The summed E-state index contributed by atoms with van der Waals surface area (Å²) in [6.07, 6.45) is 4.80. The number of nitrogens with zero attached hydrogens (tertiary/aromatic N) is 2. The molecule has 2 heterocycles. The first kappa shape index (κ1) is 18.0. The summed E-state index contributed by atoms with van der Waals surface area (Å²) in [5.74, 6) is -1.36. The van der Waals surface area contributed by atoms with E-state index in [0.717, 1.165) is 17.5 Å². The number of likely N-dealkylation sites (tertiary alicyclic amines) is 1. The van der Waals surface area contributed by atoms with Gasteiger partial charge in [0.05, 0.1) is 17.9 Å². The molecule has 136 valence electrons. The van der Waals surface area contributed by atoms with Crippen molar-refractivity contribution in [3.63, 3.8) is 0 Å². The Kier molecular flexibility index (Phi) is 5.30. The minimum atomic E-state index is -0.701. The lowest BCUT2D eigenvalue weighted by atomic mass is 9.89. The number of carbonyl (C=O) groups excluding carboxylic acids is 2. The zero-order valence-corrected chi connectivity index (χ0v) is 14.9. The Morgan fingerprint density at radius 2 is 2.04 bits per heavy atom. The van der Waals surface area contributed by atoms with Crippen molar-refractivity contribution in [3.05, 3.63) is 59.7 Å². The Morgan fingerprint density at radius 3 is 2.77 bits per heavy atom. The summed E-state index contributed by atoms with van der Waals surface area (Å²) < 4.78 is 13.6. The molecule has 0 radical (unpaired) electrons. The van der Waals surface area contributed by atoms with Gasteiger partial charge in [0.25, 0.3) is 0 Å². The Morgan fingerprint density at radius 1 is 1.23 bits per heavy atom. The third-order valence-corrected chi connectivity index (χ3v) is 4.64. The van der Waals surface area contributed by atoms with Crippen LogP contribution in [0.2, 0.25) is 0 Å². The molecule has 2 atom stereocenters. The summed E-state index contributed by atoms with van der Waals surface area (Å²) in [7, 11) is 0. The first-order chi connectivity index (χ1) is 12.4. The summed E-state index contributed by atoms with van der Waals surface area (Å²) in [6, 6.07) is 7.69. The molecule has 26 heavy (non-hydrogen) atoms. The van der Waals surface area contributed by atoms with Gasteiger partial charge in [-0.1, -0.05) is 19.1 Å². The fourth-order valence-electron chi connectivity index (χ4n) is 3.38. The first-order valence-electron chi connectivity index (χ1n) is 8.73. The van der Waals surface area contributed by atoms with E-state index in [-0.39, 0.29) is 17.8 Å². The highest BCUT2D eigenvalue weighted by Crippen LogP contribution is 2.33. The van der Waals surface area contributed by atoms with Crippen LogP contribution in [0.4, 0.5) is 10.1 Å². The molecule has 0 aliphatic carbocycles. The molecular formula is C20H22FN3O2. The number of benzene rings is 1. The number of rotatable bonds is 2. The highest BCUT2D eigenvalue weighted by Gasteiger charge is 2.34. The van der Waals surface area contributed by atoms with Crippen LogP contribution in [0.3, 0.4) is 0 Å². The fourth-order valence-corrected chi connectivity index (χ4v) is 3.38. The molecule has 5 nitrogen and oxygen atoms in total. The predicted octanol–water partition coefficient (Wildman–Crippen LogP) is 3.47. The molecule has 1 aliphatic rings. The number of carbonyl (C=O) groups is 2. The number of nitrogens with one attached hydrogen (secondary N) is 1. The number of pyridine rings is 1. The maximum absolute atomic E-state index is 13.6. The number of anilines is 1. The van der Waals surface area contributed by atoms with E-state index in [9.17, 15) is 14.0 Å². The smallest absolute Gasteiger partial charge is 0.313 e. The van der Waals surface area contributed by atoms with Crippen LogP contribution in [0.1, 0.15) is 36.9 Å². The van der Waals surface area contributed by atoms with Gasteiger partial charge in [-0.15, -0.1) is 0 Å². The van der Waals surface area contributed by atoms with Crippen molar-refractivity contribution < 1.29 is 14.0 Å². The van der Waals surface area contributed by atoms with E-state index in [4.69, 9.17) is 0 Å². The standard InChI is InChI=1S/C20H22FN3O2/c1-13-6-7-18(15-4-3-5-16(21)9-15)24(12-13)20(26)19(25)23-17-8-14(2)10-22-11-17/h3-5,8-11,13,18H,6-7,12H2,1-2H3,(H,23,25)/t13-,18?/m1/s1. The zero-order valence-electron chi connectivity index (χ0n) is 14.9. The second kappa shape index (κ2) is 7.64. The maximum Gasteiger partial charge on any atom is 0.313 e. The van der Waals surface area contributed by atoms with Gasteiger partial charge in [-0.25, -0.2) is 4.39 Å². The van der Waals surface area contributed by atoms with Gasteiger partial charge in [-0.3, -0.25) is 14.6 Å². The summed E-state index contributed by atoms with van der Waals surface area (Å²) in [4.78, 5) is 30.8. The number of amides is 2. The van der Waals surface area contributed by atoms with Crippen molar-refractivity contribution in [1.29, 1.82) is 0 Å². The summed E-state index contributed by atoms with van der Waals surface area (Å²) in [6.45, 7) is 4.38. The number of halogens is 1. The number of aryl methyl sites for hydroxylation is 1. The monoisotopic (exact) mass is 355 g/mol. The largest absolute Gasteiger partial charge is 0.327 e. The molecule has 3 rings (SSSR count). The third-order valence-electron chi connectivity index (χ3n) is 4.64. The van der Waals surface area contributed by atoms with Crippen LogP contribution in [0.5, 0.6) is 0 Å². The summed E-state index contributed by atoms with van der Waals surface area (Å²) in [5, 5.41) is 2.61. The maximum atomic E-state index is 13.6. The Bertz CT molecular complexity index is 824. The van der Waals surface area contributed by atoms with Gasteiger partial charge in [0.15, 0.2) is 0 Å². The quantitative estimate of drug-likeness (QED) is 0.839. The second-order valence-electron chi connectivity index (χ2n) is 6.92. The highest BCUT2D eigenvalue weighted by molar-refractivity contribution is 6.39. The van der Waals surface area contributed by atoms with Crippen LogP contribution >= 0.6 is 0 Å². The van der Waals surface area contributed by atoms with E-state index in [0.29, 0.717) is 18.7 Å². The lowest BCUT2D eigenvalue weighted by Gasteiger charge is -2.38. The van der Waals surface area contributed by atoms with Crippen LogP contribution in [0, 0.1) is 18.7 Å². The average Bonchev–Trinajstić information content (AvgIpc) is 2.61. The minimum absolute atomic E-state index is 0.289. The molecule has 2 amide bonds. The zero-order chi connectivity index (χ0) is 18.7. The Balaban J connectivity index is 1.80. The summed E-state index contributed by atoms with van der Waals surface area (Å²) in [5.41, 5.74) is 2.09. The molecule has 1 fully saturated rings. The van der Waals surface area contributed by atoms with Crippen molar-refractivity contribution in [3.8, 4) is 0 Å². The van der Waals surface area contributed by atoms with Crippen LogP contribution in [0.25, 0.3) is 0 Å². The molecule has 1 aromatic heterocycles. The van der Waals surface area contributed by atoms with E-state index in [1.54, 1.807) is 29.3 Å². The van der Waals surface area contributed by atoms with Gasteiger partial charge in [-0.05, 0) is 55.0 Å². The van der Waals surface area contributed by atoms with Gasteiger partial charge in [-0.2, -0.15) is 0 Å². The van der Waals surface area contributed by atoms with Gasteiger partial charge in [0, 0.05) is 12.7 Å². The summed E-state index contributed by atoms with van der Waals surface area (Å²) >= 11 is 0. The topological polar surface area (TPSA) is 62.3 Å². The van der Waals surface area contributed by atoms with E-state index in [2.05, 4.69) is 10.3 Å². The first-order valence-corrected chi connectivity index (χ1v) is 8.73. The van der Waals surface area contributed by atoms with E-state index in [1.807, 2.05) is 13.8 Å². The van der Waals surface area contributed by atoms with E-state index in [1.165, 1.54) is 18.3 Å². The number of aromatic nitrogens is 1. The number of hydrogen-bond donors (Lipinski definition) is 1. The normalized spacial score (nSPS) is 19.9. The van der Waals surface area contributed by atoms with Gasteiger partial charge in [0.2, 0.25) is 0 Å². The van der Waals surface area contributed by atoms with Crippen LogP contribution in [0.15, 0.2) is 42.7 Å². The molecular weight excluding hydrogens is 333 g/mol. The Labute approximate surface area is 152 Å². The lowest BCUT2D eigenvalue weighted by molar-refractivity contribution is -0.146. The molecule has 0 saturated carbocycles. The molecule has 1 N–H and O–H groups in total. The molecule has 1 unspecified atom stereocenters. The van der Waals surface area contributed by atoms with Crippen molar-refractivity contribution in [2.75, 3.05) is 11.9 Å². The minimum Gasteiger partial charge on any atom is -0.327 e. The van der Waals surface area contributed by atoms with Crippen molar-refractivity contribution in [2.45, 2.75) is 32.7 Å². The van der Waals surface area contributed by atoms with Gasteiger partial charge in [0.1, 0.15) is 5.82 Å². The predicted molar refractivity (Wildman–Crippen MR) is 96.9 cm³/mol. The molecule has 2 aromatic rings. The second-order valence-corrected chi connectivity index (χ2v) is 6.92. The molecule has 1 aromatic carbocycles. The Hall–Kier alpha value is -2.76. The van der Waals surface area contributed by atoms with E-state index >= 15 is 0 Å². The molecule has 1 saturated heterocycles. The van der Waals surface area contributed by atoms with Crippen LogP contribution < -0.4 is 5.32 Å². The van der Waals surface area contributed by atoms with Crippen molar-refractivity contribution in [1.82, 2.24) is 9.88 Å². The lowest BCUT2D eigenvalue weighted by Crippen LogP contribution is -2.46. The molecule has 0 spiro atoms. The number of piperidine rings is 1. The van der Waals surface area contributed by atoms with Crippen molar-refractivity contribution >= 4 is 17.5 Å². The third kappa shape index (κ3) is 4.07.